The molecule has 6 atom stereocenters. The number of carbonyl (C=O) groups excluding carboxylic acids is 2. The van der Waals surface area contributed by atoms with Gasteiger partial charge in [0, 0.05) is 86.5 Å². The quantitative estimate of drug-likeness (QED) is 0.0459. The lowest BCUT2D eigenvalue weighted by Gasteiger charge is -2.30. The fourth-order valence-electron chi connectivity index (χ4n) is 11.6. The minimum absolute atomic E-state index is 0.0282. The van der Waals surface area contributed by atoms with Gasteiger partial charge in [-0.3, -0.25) is 19.4 Å². The predicted molar refractivity (Wildman–Crippen MR) is 310 cm³/mol. The van der Waals surface area contributed by atoms with Gasteiger partial charge in [0.25, 0.3) is 0 Å². The third-order valence-corrected chi connectivity index (χ3v) is 16.2. The molecule has 2 aliphatic heterocycles. The Balaban J connectivity index is 0.877. The van der Waals surface area contributed by atoms with Crippen LogP contribution in [0.4, 0.5) is 10.2 Å². The number of aromatic nitrogens is 9. The van der Waals surface area contributed by atoms with Crippen molar-refractivity contribution in [2.45, 2.75) is 116 Å². The van der Waals surface area contributed by atoms with Crippen LogP contribution in [0.5, 0.6) is 11.8 Å². The molecule has 1 aliphatic carbocycles. The van der Waals surface area contributed by atoms with Gasteiger partial charge in [-0.1, -0.05) is 67.6 Å². The predicted octanol–water partition coefficient (Wildman–Crippen LogP) is 6.80. The number of carbonyl (C=O) groups is 2. The van der Waals surface area contributed by atoms with E-state index >= 15 is 4.39 Å². The highest BCUT2D eigenvalue weighted by Gasteiger charge is 2.43. The number of fused-ring (bicyclic) bond motifs is 2. The van der Waals surface area contributed by atoms with Crippen LogP contribution in [0.1, 0.15) is 94.1 Å². The van der Waals surface area contributed by atoms with Gasteiger partial charge < -0.3 is 50.0 Å². The number of anilines is 1. The second-order valence-electron chi connectivity index (χ2n) is 22.9. The maximum atomic E-state index is 16.1. The van der Waals surface area contributed by atoms with Crippen molar-refractivity contribution >= 4 is 39.4 Å². The molecule has 1 saturated carbocycles. The normalized spacial score (nSPS) is 19.6. The number of aromatic amines is 1. The minimum atomic E-state index is -1.08. The first-order valence-corrected chi connectivity index (χ1v) is 28.5. The SMILES string of the molecule is CCn1nccc1-c1ccc([C@H](CO)NC(=O)[C@@H]2C[C@@H](O)CN2C(=O)[C@H](C(C)C)n2cc(-c3ccc(COc4c(-c5c(C)c(F)cc6[nH]ncc56)c(C5CC5)cc5c(N6CCNCC(C)(O)C6)nc(OC[C@H](C)OC)nc45)cc3)nn2)cc1. The number of hydrogen-bond acceptors (Lipinski definition) is 16. The van der Waals surface area contributed by atoms with E-state index in [0.29, 0.717) is 82.1 Å². The van der Waals surface area contributed by atoms with E-state index in [-0.39, 0.29) is 63.3 Å². The molecule has 6 N–H and O–H groups in total. The van der Waals surface area contributed by atoms with Crippen LogP contribution in [-0.2, 0) is 27.5 Å². The number of methoxy groups -OCH3 is 1. The number of aliphatic hydroxyl groups excluding tert-OH is 2. The fourth-order valence-corrected chi connectivity index (χ4v) is 11.6. The van der Waals surface area contributed by atoms with E-state index in [9.17, 15) is 24.9 Å². The molecule has 2 saturated heterocycles. The van der Waals surface area contributed by atoms with Crippen molar-refractivity contribution in [3.05, 3.63) is 113 Å². The summed E-state index contributed by atoms with van der Waals surface area (Å²) in [6.07, 6.45) is 5.82. The molecule has 4 aromatic carbocycles. The van der Waals surface area contributed by atoms with Crippen LogP contribution in [0, 0.1) is 18.7 Å². The molecule has 83 heavy (non-hydrogen) atoms. The molecule has 4 aromatic heterocycles. The molecule has 21 nitrogen and oxygen atoms in total. The van der Waals surface area contributed by atoms with E-state index < -0.39 is 47.5 Å². The van der Waals surface area contributed by atoms with Crippen molar-refractivity contribution in [3.63, 3.8) is 0 Å². The van der Waals surface area contributed by atoms with E-state index in [1.807, 2.05) is 87.0 Å². The molecule has 22 heteroatoms. The summed E-state index contributed by atoms with van der Waals surface area (Å²) < 4.78 is 38.4. The van der Waals surface area contributed by atoms with Crippen LogP contribution in [0.25, 0.3) is 55.4 Å². The number of β-amino-alcohol motifs (C(OH)–C–C–N with tert-alkyl or cyclic N) is 2. The largest absolute Gasteiger partial charge is 0.486 e. The standard InChI is InChI=1S/C61H72FN13O8/c1-8-74-50(19-20-65-74)41-17-15-40(16-18-41)49(29-76)66-58(78)51-23-42(77)27-73(51)59(79)55(34(2)3)75-28-48(70-71-75)39-11-9-37(10-12-39)31-82-56-53(52-36(5)46(62)25-47-45(52)26-64-69-47)43(38-13-14-38)24-44-54(56)67-60(83-30-35(4)81-7)68-57(44)72-22-21-63-32-61(6,80)33-72/h9-12,15-20,24-26,28,34-35,38,42,49,51,55,63,76-77,80H,8,13-14,21-23,27,29-33H2,1-7H3,(H,64,69)(H,66,78)/t35-,42+,49-,51-,55-,61?/m0/s1. The highest BCUT2D eigenvalue weighted by atomic mass is 19.1. The number of likely N-dealkylation sites (tertiary alicyclic amines) is 1. The molecule has 2 amide bonds. The van der Waals surface area contributed by atoms with Crippen molar-refractivity contribution in [1.29, 1.82) is 0 Å². The Morgan fingerprint density at radius 2 is 1.76 bits per heavy atom. The van der Waals surface area contributed by atoms with Crippen molar-refractivity contribution < 1.29 is 43.5 Å². The van der Waals surface area contributed by atoms with E-state index in [1.165, 1.54) is 15.6 Å². The van der Waals surface area contributed by atoms with Gasteiger partial charge in [0.15, 0.2) is 5.75 Å². The topological polar surface area (TPSA) is 256 Å². The highest BCUT2D eigenvalue weighted by molar-refractivity contribution is 6.06. The average Bonchev–Trinajstić information content (AvgIpc) is 2.57. The third kappa shape index (κ3) is 11.7. The first-order chi connectivity index (χ1) is 40.0. The van der Waals surface area contributed by atoms with E-state index in [2.05, 4.69) is 47.2 Å². The molecule has 0 radical (unpaired) electrons. The van der Waals surface area contributed by atoms with Gasteiger partial charge in [-0.2, -0.15) is 20.2 Å². The second kappa shape index (κ2) is 23.8. The smallest absolute Gasteiger partial charge is 0.319 e. The van der Waals surface area contributed by atoms with E-state index in [4.69, 9.17) is 24.2 Å². The Labute approximate surface area is 480 Å². The maximum Gasteiger partial charge on any atom is 0.319 e. The van der Waals surface area contributed by atoms with Gasteiger partial charge in [0.05, 0.1) is 54.1 Å². The highest BCUT2D eigenvalue weighted by Crippen LogP contribution is 2.53. The lowest BCUT2D eigenvalue weighted by Crippen LogP contribution is -2.50. The Morgan fingerprint density at radius 1 is 0.988 bits per heavy atom. The zero-order valence-corrected chi connectivity index (χ0v) is 47.8. The van der Waals surface area contributed by atoms with Crippen LogP contribution >= 0.6 is 0 Å². The number of hydrogen-bond donors (Lipinski definition) is 6. The number of nitrogens with one attached hydrogen (secondary N) is 3. The van der Waals surface area contributed by atoms with Gasteiger partial charge in [0.1, 0.15) is 48.1 Å². The zero-order chi connectivity index (χ0) is 58.3. The van der Waals surface area contributed by atoms with Crippen molar-refractivity contribution in [1.82, 2.24) is 60.5 Å². The van der Waals surface area contributed by atoms with Gasteiger partial charge in [-0.15, -0.1) is 5.10 Å². The van der Waals surface area contributed by atoms with Crippen LogP contribution in [0.3, 0.4) is 0 Å². The number of amides is 2. The molecule has 11 rings (SSSR count). The molecule has 1 unspecified atom stereocenters. The molecule has 6 heterocycles. The average molecular weight is 1130 g/mol. The number of halogens is 1. The summed E-state index contributed by atoms with van der Waals surface area (Å²) in [6, 6.07) is 18.1. The molecule has 3 fully saturated rings. The number of ether oxygens (including phenoxy) is 3. The van der Waals surface area contributed by atoms with Gasteiger partial charge in [-0.25, -0.2) is 9.07 Å². The number of aliphatic hydroxyl groups is 3. The maximum absolute atomic E-state index is 16.1. The summed E-state index contributed by atoms with van der Waals surface area (Å²) in [5.41, 5.74) is 7.25. The first kappa shape index (κ1) is 56.9. The first-order valence-electron chi connectivity index (χ1n) is 28.5. The monoisotopic (exact) mass is 1130 g/mol. The second-order valence-corrected chi connectivity index (χ2v) is 22.9. The van der Waals surface area contributed by atoms with Crippen LogP contribution in [0.15, 0.2) is 85.3 Å². The number of nitrogens with zero attached hydrogens (tertiary/aromatic N) is 10. The van der Waals surface area contributed by atoms with Crippen LogP contribution in [0.2, 0.25) is 0 Å². The summed E-state index contributed by atoms with van der Waals surface area (Å²) >= 11 is 0. The van der Waals surface area contributed by atoms with Gasteiger partial charge in [-0.05, 0) is 98.4 Å². The summed E-state index contributed by atoms with van der Waals surface area (Å²) in [5.74, 6) is -0.431. The summed E-state index contributed by atoms with van der Waals surface area (Å²) in [7, 11) is 1.61. The fraction of sp³-hybridized carbons (Fsp3) is 0.443. The molecule has 436 valence electrons. The Morgan fingerprint density at radius 3 is 2.48 bits per heavy atom. The van der Waals surface area contributed by atoms with Crippen molar-refractivity contribution in [2.24, 2.45) is 5.92 Å². The molecular formula is C61H72FN13O8. The lowest BCUT2D eigenvalue weighted by atomic mass is 9.88. The zero-order valence-electron chi connectivity index (χ0n) is 47.8. The number of rotatable bonds is 20. The third-order valence-electron chi connectivity index (χ3n) is 16.2. The molecule has 0 bridgehead atoms. The Hall–Kier alpha value is -7.89. The number of benzene rings is 4. The number of H-pyrrole nitrogens is 1. The van der Waals surface area contributed by atoms with Gasteiger partial charge in [0.2, 0.25) is 11.8 Å². The number of aryl methyl sites for hydroxylation is 1. The molecular weight excluding hydrogens is 1060 g/mol. The Bertz CT molecular complexity index is 3640. The van der Waals surface area contributed by atoms with Crippen LogP contribution < -0.4 is 25.0 Å². The molecule has 3 aliphatic rings. The van der Waals surface area contributed by atoms with E-state index in [1.54, 1.807) is 39.5 Å². The lowest BCUT2D eigenvalue weighted by molar-refractivity contribution is -0.142. The minimum Gasteiger partial charge on any atom is -0.486 e. The molecule has 0 spiro atoms. The summed E-state index contributed by atoms with van der Waals surface area (Å²) in [5, 5.41) is 61.2. The van der Waals surface area contributed by atoms with Crippen molar-refractivity contribution in [2.75, 3.05) is 57.9 Å². The van der Waals surface area contributed by atoms with E-state index in [0.717, 1.165) is 46.2 Å². The summed E-state index contributed by atoms with van der Waals surface area (Å²) in [4.78, 5) is 42.3. The Kier molecular flexibility index (Phi) is 16.3. The van der Waals surface area contributed by atoms with Gasteiger partial charge >= 0.3 is 6.01 Å². The summed E-state index contributed by atoms with van der Waals surface area (Å²) in [6.45, 7) is 13.6. The van der Waals surface area contributed by atoms with Crippen molar-refractivity contribution in [3.8, 4) is 45.4 Å². The van der Waals surface area contributed by atoms with Crippen LogP contribution in [-0.4, -0.2) is 154 Å². The molecule has 8 aromatic rings.